The summed E-state index contributed by atoms with van der Waals surface area (Å²) < 4.78 is 31.7. The zero-order chi connectivity index (χ0) is 43.5. The number of carbonyl (C=O) groups excluding carboxylic acids is 3. The zero-order valence-corrected chi connectivity index (χ0v) is 37.5. The number of esters is 2. The van der Waals surface area contributed by atoms with E-state index in [-0.39, 0.29) is 63.0 Å². The molecule has 1 amide bonds. The van der Waals surface area contributed by atoms with Crippen LogP contribution in [-0.2, 0) is 35.1 Å². The molecule has 1 N–H and O–H groups in total. The Morgan fingerprint density at radius 3 is 2.12 bits per heavy atom. The summed E-state index contributed by atoms with van der Waals surface area (Å²) >= 11 is 0. The number of fused-ring (bicyclic) bond motifs is 1. The maximum absolute atomic E-state index is 12.9. The molecular weight excluding hydrogens is 735 g/mol. The summed E-state index contributed by atoms with van der Waals surface area (Å²) in [4.78, 5) is 49.6. The minimum Gasteiger partial charge on any atom is -0.489 e. The van der Waals surface area contributed by atoms with Crippen LogP contribution < -0.4 is 9.47 Å². The molecule has 5 atom stereocenters. The van der Waals surface area contributed by atoms with E-state index in [1.54, 1.807) is 4.90 Å². The first-order valence-electron chi connectivity index (χ1n) is 23.3. The fourth-order valence-electron chi connectivity index (χ4n) is 8.61. The molecule has 1 aromatic rings. The van der Waals surface area contributed by atoms with Crippen molar-refractivity contribution in [3.05, 3.63) is 22.3 Å². The van der Waals surface area contributed by atoms with E-state index >= 15 is 0 Å². The Morgan fingerprint density at radius 1 is 0.810 bits per heavy atom. The first-order valence-corrected chi connectivity index (χ1v) is 22.6. The van der Waals surface area contributed by atoms with Crippen molar-refractivity contribution >= 4 is 23.8 Å². The second-order valence-electron chi connectivity index (χ2n) is 18.3. The maximum atomic E-state index is 12.9. The van der Waals surface area contributed by atoms with E-state index < -0.39 is 18.0 Å². The molecule has 0 unspecified atom stereocenters. The third-order valence-corrected chi connectivity index (χ3v) is 12.5. The van der Waals surface area contributed by atoms with Crippen LogP contribution in [0.3, 0.4) is 0 Å². The van der Waals surface area contributed by atoms with E-state index in [2.05, 4.69) is 55.4 Å². The van der Waals surface area contributed by atoms with Crippen molar-refractivity contribution in [1.82, 2.24) is 4.90 Å². The monoisotopic (exact) mass is 815 g/mol. The van der Waals surface area contributed by atoms with Crippen molar-refractivity contribution < 1.29 is 44.6 Å². The number of carboxylic acids is 1. The van der Waals surface area contributed by atoms with Crippen LogP contribution in [0.5, 0.6) is 11.5 Å². The summed E-state index contributed by atoms with van der Waals surface area (Å²) in [5, 5.41) is 8.76. The summed E-state index contributed by atoms with van der Waals surface area (Å²) in [6, 6.07) is -0.320. The molecule has 10 heteroatoms. The zero-order valence-electron chi connectivity index (χ0n) is 38.5. The predicted octanol–water partition coefficient (Wildman–Crippen LogP) is 10.8. The number of benzene rings is 1. The Kier molecular flexibility index (Phi) is 20.2. The van der Waals surface area contributed by atoms with Gasteiger partial charge in [-0.1, -0.05) is 85.5 Å². The maximum Gasteiger partial charge on any atom is 0.306 e. The van der Waals surface area contributed by atoms with Gasteiger partial charge in [-0.15, -0.1) is 0 Å². The van der Waals surface area contributed by atoms with Crippen LogP contribution in [0.25, 0.3) is 0 Å². The van der Waals surface area contributed by atoms with Gasteiger partial charge in [-0.05, 0) is 108 Å². The van der Waals surface area contributed by atoms with Gasteiger partial charge in [0.2, 0.25) is 5.91 Å². The molecule has 0 aliphatic carbocycles. The van der Waals surface area contributed by atoms with E-state index in [0.29, 0.717) is 32.1 Å². The Bertz CT molecular complexity index is 1500. The molecule has 0 saturated carbocycles. The lowest BCUT2D eigenvalue weighted by Crippen LogP contribution is -2.37. The van der Waals surface area contributed by atoms with E-state index in [9.17, 15) is 19.2 Å². The molecule has 10 nitrogen and oxygen atoms in total. The Hall–Kier alpha value is -3.30. The summed E-state index contributed by atoms with van der Waals surface area (Å²) in [6.45, 7) is 18.8. The highest BCUT2D eigenvalue weighted by Gasteiger charge is 2.36. The van der Waals surface area contributed by atoms with Gasteiger partial charge in [0, 0.05) is 32.2 Å². The molecule has 0 spiro atoms. The average molecular weight is 815 g/mol. The molecule has 0 radical (unpaired) electrons. The first-order chi connectivity index (χ1) is 28.0. The van der Waals surface area contributed by atoms with Crippen molar-refractivity contribution in [3.63, 3.8) is 0 Å². The van der Waals surface area contributed by atoms with Crippen molar-refractivity contribution in [3.8, 4) is 11.5 Å². The fraction of sp³-hybridized carbons (Fsp3) is 0.792. The standard InChI is InChI=1S/C48H79NO9/c1-33(2)17-14-18-34(3)19-15-20-35(4)21-16-27-48(9)28-26-41-39(8)46(37(6)38(7)47(41)58-48)56-30-29-55-44(53)23-13-11-10-12-22-42(50)49-32-40(31-36(49)5)57-45(54)25-24-43(51)52/h33-36,40H,10-32H2,1-9H3,(H,51,52)/t34-,35-,36-,40-,48-/m1/s1/i5D. The van der Waals surface area contributed by atoms with Gasteiger partial charge in [0.05, 0.1) is 19.4 Å². The van der Waals surface area contributed by atoms with Crippen LogP contribution in [0, 0.1) is 38.5 Å². The van der Waals surface area contributed by atoms with Crippen LogP contribution in [-0.4, -0.2) is 71.3 Å². The van der Waals surface area contributed by atoms with E-state index in [4.69, 9.17) is 25.4 Å². The molecule has 0 bridgehead atoms. The van der Waals surface area contributed by atoms with Gasteiger partial charge in [-0.3, -0.25) is 19.2 Å². The number of likely N-dealkylation sites (tertiary alicyclic amines) is 1. The number of rotatable bonds is 27. The molecule has 1 saturated heterocycles. The van der Waals surface area contributed by atoms with Gasteiger partial charge in [-0.25, -0.2) is 0 Å². The second-order valence-corrected chi connectivity index (χ2v) is 18.3. The lowest BCUT2D eigenvalue weighted by molar-refractivity contribution is -0.152. The van der Waals surface area contributed by atoms with Crippen LogP contribution in [0.4, 0.5) is 0 Å². The minimum atomic E-state index is -1.07. The second kappa shape index (κ2) is 24.7. The number of unbranched alkanes of at least 4 members (excludes halogenated alkanes) is 3. The van der Waals surface area contributed by atoms with Gasteiger partial charge in [0.1, 0.15) is 36.4 Å². The molecule has 2 aliphatic heterocycles. The number of hydrogen-bond donors (Lipinski definition) is 1. The molecule has 1 aromatic carbocycles. The quantitative estimate of drug-likeness (QED) is 0.0681. The lowest BCUT2D eigenvalue weighted by atomic mass is 9.83. The summed E-state index contributed by atoms with van der Waals surface area (Å²) in [6.07, 6.45) is 16.4. The Labute approximate surface area is 352 Å². The first kappa shape index (κ1) is 47.4. The van der Waals surface area contributed by atoms with Gasteiger partial charge < -0.3 is 29.0 Å². The van der Waals surface area contributed by atoms with Crippen LogP contribution in [0.2, 0.25) is 0 Å². The SMILES string of the molecule is [2H]C[C@@H]1C[C@@H](OC(=O)CCC(=O)O)CN1C(=O)CCCCCCC(=O)OCCOc1c(C)c(C)c2c(c1C)CC[C@@](C)(CCC[C@H](C)CCC[C@H](C)CCCC(C)C)O2. The molecular formula is C48H79NO9. The number of nitrogens with zero attached hydrogens (tertiary/aromatic N) is 1. The molecule has 2 heterocycles. The number of amides is 1. The lowest BCUT2D eigenvalue weighted by Gasteiger charge is -2.38. The number of ether oxygens (including phenoxy) is 4. The normalized spacial score (nSPS) is 20.2. The highest BCUT2D eigenvalue weighted by molar-refractivity contribution is 5.78. The molecule has 1 fully saturated rings. The highest BCUT2D eigenvalue weighted by Crippen LogP contribution is 2.45. The van der Waals surface area contributed by atoms with Crippen LogP contribution >= 0.6 is 0 Å². The molecule has 330 valence electrons. The third-order valence-electron chi connectivity index (χ3n) is 12.5. The van der Waals surface area contributed by atoms with Gasteiger partial charge in [-0.2, -0.15) is 0 Å². The van der Waals surface area contributed by atoms with Gasteiger partial charge >= 0.3 is 17.9 Å². The smallest absolute Gasteiger partial charge is 0.306 e. The number of hydrogen-bond acceptors (Lipinski definition) is 8. The number of carboxylic acid groups (broad SMARTS) is 1. The summed E-state index contributed by atoms with van der Waals surface area (Å²) in [5.41, 5.74) is 4.37. The molecule has 0 aromatic heterocycles. The third kappa shape index (κ3) is 16.8. The Balaban J connectivity index is 1.31. The van der Waals surface area contributed by atoms with Crippen LogP contribution in [0.1, 0.15) is 187 Å². The molecule has 3 rings (SSSR count). The predicted molar refractivity (Wildman–Crippen MR) is 229 cm³/mol. The summed E-state index contributed by atoms with van der Waals surface area (Å²) in [7, 11) is 0. The molecule has 2 aliphatic rings. The van der Waals surface area contributed by atoms with E-state index in [1.807, 2.05) is 0 Å². The van der Waals surface area contributed by atoms with Gasteiger partial charge in [0.25, 0.3) is 0 Å². The summed E-state index contributed by atoms with van der Waals surface area (Å²) in [5.74, 6) is 2.27. The van der Waals surface area contributed by atoms with Crippen molar-refractivity contribution in [2.75, 3.05) is 19.8 Å². The van der Waals surface area contributed by atoms with Crippen molar-refractivity contribution in [1.29, 1.82) is 0 Å². The van der Waals surface area contributed by atoms with E-state index in [1.165, 1.54) is 56.9 Å². The number of carbonyl (C=O) groups is 4. The van der Waals surface area contributed by atoms with Crippen molar-refractivity contribution in [2.45, 2.75) is 208 Å². The largest absolute Gasteiger partial charge is 0.489 e. The minimum absolute atomic E-state index is 0.0151. The van der Waals surface area contributed by atoms with Gasteiger partial charge in [0.15, 0.2) is 0 Å². The highest BCUT2D eigenvalue weighted by atomic mass is 16.6. The fourth-order valence-corrected chi connectivity index (χ4v) is 8.61. The topological polar surface area (TPSA) is 129 Å². The number of aliphatic carboxylic acids is 1. The van der Waals surface area contributed by atoms with Crippen LogP contribution in [0.15, 0.2) is 0 Å². The Morgan fingerprint density at radius 2 is 1.47 bits per heavy atom. The average Bonchev–Trinajstić information content (AvgIpc) is 3.59. The molecule has 58 heavy (non-hydrogen) atoms. The van der Waals surface area contributed by atoms with Crippen molar-refractivity contribution in [2.24, 2.45) is 17.8 Å². The van der Waals surface area contributed by atoms with E-state index in [0.717, 1.165) is 78.0 Å².